The zero-order valence-corrected chi connectivity index (χ0v) is 58.6. The van der Waals surface area contributed by atoms with Gasteiger partial charge in [0.1, 0.15) is 92.1 Å². The molecular formula is C72H82N6O27. The summed E-state index contributed by atoms with van der Waals surface area (Å²) >= 11 is 0. The molecule has 0 aromatic heterocycles. The highest BCUT2D eigenvalue weighted by molar-refractivity contribution is 5.76. The number of ether oxygens (including phenoxy) is 20. The van der Waals surface area contributed by atoms with Gasteiger partial charge in [0.05, 0.1) is 54.4 Å². The lowest BCUT2D eigenvalue weighted by atomic mass is 9.93. The summed E-state index contributed by atoms with van der Waals surface area (Å²) in [6.07, 6.45) is -31.4. The highest BCUT2D eigenvalue weighted by atomic mass is 16.8. The minimum absolute atomic E-state index is 0.0906. The highest BCUT2D eigenvalue weighted by Crippen LogP contribution is 2.41. The number of hydrogen-bond donors (Lipinski definition) is 0. The Balaban J connectivity index is 1.16. The van der Waals surface area contributed by atoms with E-state index in [0.717, 1.165) is 41.9 Å². The van der Waals surface area contributed by atoms with E-state index in [9.17, 15) is 44.6 Å². The van der Waals surface area contributed by atoms with E-state index in [-0.39, 0.29) is 33.0 Å². The second kappa shape index (κ2) is 39.4. The van der Waals surface area contributed by atoms with Gasteiger partial charge in [-0.25, -0.2) is 9.59 Å². The Morgan fingerprint density at radius 3 is 1.06 bits per heavy atom. The molecule has 0 N–H and O–H groups in total. The van der Waals surface area contributed by atoms with Gasteiger partial charge in [-0.05, 0) is 51.0 Å². The minimum Gasteiger partial charge on any atom is -0.497 e. The predicted molar refractivity (Wildman–Crippen MR) is 357 cm³/mol. The number of esters is 7. The molecule has 0 amide bonds. The molecule has 4 aliphatic heterocycles. The number of rotatable bonds is 33. The van der Waals surface area contributed by atoms with Gasteiger partial charge in [0.15, 0.2) is 43.3 Å². The van der Waals surface area contributed by atoms with Crippen molar-refractivity contribution in [2.24, 2.45) is 10.2 Å². The molecule has 9 rings (SSSR count). The third-order valence-corrected chi connectivity index (χ3v) is 16.9. The van der Waals surface area contributed by atoms with Gasteiger partial charge in [-0.3, -0.25) is 24.0 Å². The summed E-state index contributed by atoms with van der Waals surface area (Å²) in [6.45, 7) is 3.09. The molecule has 5 aromatic carbocycles. The van der Waals surface area contributed by atoms with Crippen LogP contribution in [0.4, 0.5) is 0 Å². The third-order valence-electron chi connectivity index (χ3n) is 16.9. The minimum atomic E-state index is -2.07. The summed E-state index contributed by atoms with van der Waals surface area (Å²) < 4.78 is 125. The fourth-order valence-corrected chi connectivity index (χ4v) is 12.1. The number of nitrogens with zero attached hydrogens (tertiary/aromatic N) is 6. The monoisotopic (exact) mass is 1460 g/mol. The predicted octanol–water partition coefficient (Wildman–Crippen LogP) is 7.23. The number of hydrogen-bond acceptors (Lipinski definition) is 29. The summed E-state index contributed by atoms with van der Waals surface area (Å²) in [5, 5.41) is 8.34. The first-order valence-corrected chi connectivity index (χ1v) is 33.3. The van der Waals surface area contributed by atoms with Crippen molar-refractivity contribution in [3.05, 3.63) is 194 Å². The normalized spacial score (nSPS) is 28.5. The molecule has 0 saturated carbocycles. The molecule has 562 valence electrons. The fourth-order valence-electron chi connectivity index (χ4n) is 12.1. The van der Waals surface area contributed by atoms with E-state index >= 15 is 0 Å². The first-order valence-electron chi connectivity index (χ1n) is 33.3. The first kappa shape index (κ1) is 79.4. The Hall–Kier alpha value is -9.67. The number of carbonyl (C=O) groups excluding carboxylic acids is 7. The van der Waals surface area contributed by atoms with Crippen molar-refractivity contribution >= 4 is 41.8 Å². The van der Waals surface area contributed by atoms with E-state index in [2.05, 4.69) is 20.1 Å². The van der Waals surface area contributed by atoms with Crippen LogP contribution in [-0.2, 0) is 157 Å². The van der Waals surface area contributed by atoms with Gasteiger partial charge in [0.2, 0.25) is 6.29 Å². The van der Waals surface area contributed by atoms with E-state index in [1.54, 1.807) is 146 Å². The molecule has 0 spiro atoms. The summed E-state index contributed by atoms with van der Waals surface area (Å²) in [6, 6.07) is 38.4. The molecule has 33 heteroatoms. The number of azide groups is 2. The van der Waals surface area contributed by atoms with Crippen LogP contribution in [0.5, 0.6) is 5.75 Å². The molecule has 0 bridgehead atoms. The van der Waals surface area contributed by atoms with Gasteiger partial charge in [-0.2, -0.15) is 0 Å². The van der Waals surface area contributed by atoms with Gasteiger partial charge in [0, 0.05) is 44.4 Å². The van der Waals surface area contributed by atoms with Crippen LogP contribution < -0.4 is 4.74 Å². The van der Waals surface area contributed by atoms with E-state index in [1.807, 2.05) is 0 Å². The van der Waals surface area contributed by atoms with Gasteiger partial charge in [-0.1, -0.05) is 144 Å². The molecule has 33 nitrogen and oxygen atoms in total. The Morgan fingerprint density at radius 1 is 0.362 bits per heavy atom. The number of benzene rings is 5. The lowest BCUT2D eigenvalue weighted by Crippen LogP contribution is -2.69. The summed E-state index contributed by atoms with van der Waals surface area (Å²) in [5.41, 5.74) is 24.1. The van der Waals surface area contributed by atoms with Crippen molar-refractivity contribution in [2.75, 3.05) is 34.5 Å². The highest BCUT2D eigenvalue weighted by Gasteiger charge is 2.61. The Morgan fingerprint density at radius 2 is 0.695 bits per heavy atom. The molecule has 105 heavy (non-hydrogen) atoms. The van der Waals surface area contributed by atoms with E-state index in [0.29, 0.717) is 33.6 Å². The number of methoxy groups -OCH3 is 3. The second-order valence-electron chi connectivity index (χ2n) is 24.2. The SMILES string of the molecule is COC(=O)[C@@H]1O[C@@H](O[C@H]2[C@H](OCc3ccccc3)[C@@H](N=[N+]=[N-])[C@@H](O[C@H]3[C@H](OCc4ccccc4)[C@@H](OC(C)=O)[C@@H](OC(C)=O)O[C@H]3C(=O)OC)O[C@@H]2COC(C)=O)[C@H](OC(C)=O)[C@@H](OCc2ccccc2)[C@@H]1O[C@H]1O[C@H](COC(C)=O)[C@@H](OCc2ccc(OC)cc2)[C@H](OCc2ccccc2)[C@H]1N=[N+]=[N-]. The molecule has 4 aliphatic rings. The van der Waals surface area contributed by atoms with Crippen LogP contribution in [0.25, 0.3) is 20.9 Å². The van der Waals surface area contributed by atoms with Crippen molar-refractivity contribution in [3.8, 4) is 5.75 Å². The maximum absolute atomic E-state index is 14.9. The molecule has 5 aromatic rings. The Kier molecular flexibility index (Phi) is 29.8. The van der Waals surface area contributed by atoms with Gasteiger partial charge < -0.3 is 94.7 Å². The van der Waals surface area contributed by atoms with Crippen molar-refractivity contribution in [1.82, 2.24) is 0 Å². The van der Waals surface area contributed by atoms with Gasteiger partial charge in [-0.15, -0.1) is 0 Å². The average molecular weight is 1460 g/mol. The largest absolute Gasteiger partial charge is 0.497 e. The summed E-state index contributed by atoms with van der Waals surface area (Å²) in [5.74, 6) is -6.11. The van der Waals surface area contributed by atoms with Crippen molar-refractivity contribution in [3.63, 3.8) is 0 Å². The fraction of sp³-hybridized carbons (Fsp3) is 0.486. The lowest BCUT2D eigenvalue weighted by molar-refractivity contribution is -0.376. The second-order valence-corrected chi connectivity index (χ2v) is 24.2. The van der Waals surface area contributed by atoms with E-state index in [1.165, 1.54) is 14.0 Å². The maximum atomic E-state index is 14.9. The van der Waals surface area contributed by atoms with Crippen LogP contribution in [0.1, 0.15) is 62.4 Å². The van der Waals surface area contributed by atoms with Crippen molar-refractivity contribution < 1.29 is 128 Å². The maximum Gasteiger partial charge on any atom is 0.338 e. The average Bonchev–Trinajstić information content (AvgIpc) is 0.761. The van der Waals surface area contributed by atoms with Crippen LogP contribution in [0.3, 0.4) is 0 Å². The molecule has 0 radical (unpaired) electrons. The quantitative estimate of drug-likeness (QED) is 0.0131. The molecule has 0 aliphatic carbocycles. The van der Waals surface area contributed by atoms with Crippen LogP contribution in [0.15, 0.2) is 156 Å². The molecule has 20 atom stereocenters. The summed E-state index contributed by atoms with van der Waals surface area (Å²) in [4.78, 5) is 101. The topological polar surface area (TPSA) is 402 Å². The molecule has 0 unspecified atom stereocenters. The third kappa shape index (κ3) is 22.0. The smallest absolute Gasteiger partial charge is 0.338 e. The number of carbonyl (C=O) groups is 7. The van der Waals surface area contributed by atoms with Crippen LogP contribution >= 0.6 is 0 Å². The Bertz CT molecular complexity index is 3750. The standard InChI is InChI=1S/C72H82N6O27/c1-40(79)89-38-51-55(91-37-49-29-31-50(86-6)32-30-49)57(92-33-45-21-13-9-14-22-45)53(75-77-73)69(99-51)102-62-60(95-36-48-27-19-12-20-28-48)66(97-43(4)82)72(105-64(62)68(85)88-8)101-56-52(39-90-41(2)80)100-70(54(76-78-74)58(56)93-34-46-23-15-10-16-24-46)103-61-59(94-35-47-25-17-11-18-26-47)65(96-42(3)81)71(98-44(5)83)104-63(61)67(84)87-7/h9-32,51-66,69-72H,33-39H2,1-8H3/t51-,52-,53-,54-,55-,56-,57-,58-,59+,60+,61+,62+,63-,64-,65-,66-,69-,70-,71+,72-/m1/s1. The summed E-state index contributed by atoms with van der Waals surface area (Å²) in [7, 11) is 3.59. The van der Waals surface area contributed by atoms with Crippen LogP contribution in [0.2, 0.25) is 0 Å². The van der Waals surface area contributed by atoms with E-state index < -0.39 is 178 Å². The van der Waals surface area contributed by atoms with Gasteiger partial charge >= 0.3 is 41.8 Å². The van der Waals surface area contributed by atoms with E-state index in [4.69, 9.17) is 94.7 Å². The molecule has 4 saturated heterocycles. The van der Waals surface area contributed by atoms with Crippen molar-refractivity contribution in [2.45, 2.75) is 190 Å². The zero-order valence-electron chi connectivity index (χ0n) is 58.6. The molecule has 4 fully saturated rings. The zero-order chi connectivity index (χ0) is 74.9. The molecule has 4 heterocycles. The van der Waals surface area contributed by atoms with Crippen molar-refractivity contribution in [1.29, 1.82) is 0 Å². The lowest BCUT2D eigenvalue weighted by Gasteiger charge is -2.51. The van der Waals surface area contributed by atoms with Crippen LogP contribution in [-0.4, -0.2) is 199 Å². The molecular weight excluding hydrogens is 1380 g/mol. The van der Waals surface area contributed by atoms with Crippen LogP contribution in [0, 0.1) is 0 Å². The van der Waals surface area contributed by atoms with Gasteiger partial charge in [0.25, 0.3) is 0 Å². The Labute approximate surface area is 603 Å². The first-order chi connectivity index (χ1) is 50.8.